The molecule has 0 N–H and O–H groups in total. The van der Waals surface area contributed by atoms with Crippen molar-refractivity contribution in [2.75, 3.05) is 19.0 Å². The summed E-state index contributed by atoms with van der Waals surface area (Å²) in [7, 11) is 4.15. The van der Waals surface area contributed by atoms with Gasteiger partial charge in [-0.1, -0.05) is 24.3 Å². The Morgan fingerprint density at radius 3 is 2.43 bits per heavy atom. The van der Waals surface area contributed by atoms with E-state index >= 15 is 0 Å². The SMILES string of the molecule is Cc1cc(N(C)C)cc2ccccc12. The van der Waals surface area contributed by atoms with Crippen molar-refractivity contribution in [2.24, 2.45) is 0 Å². The topological polar surface area (TPSA) is 3.24 Å². The number of nitrogens with zero attached hydrogens (tertiary/aromatic N) is 1. The lowest BCUT2D eigenvalue weighted by Crippen LogP contribution is -2.08. The summed E-state index contributed by atoms with van der Waals surface area (Å²) in [4.78, 5) is 2.14. The predicted octanol–water partition coefficient (Wildman–Crippen LogP) is 3.21. The van der Waals surface area contributed by atoms with Gasteiger partial charge in [-0.05, 0) is 35.4 Å². The molecule has 0 atom stereocenters. The average molecular weight is 185 g/mol. The molecule has 0 aliphatic rings. The van der Waals surface area contributed by atoms with Crippen LogP contribution in [0.1, 0.15) is 5.56 Å². The van der Waals surface area contributed by atoms with Crippen LogP contribution in [0.25, 0.3) is 10.8 Å². The van der Waals surface area contributed by atoms with Gasteiger partial charge in [0, 0.05) is 19.8 Å². The van der Waals surface area contributed by atoms with Crippen LogP contribution in [0.5, 0.6) is 0 Å². The minimum absolute atomic E-state index is 1.27. The van der Waals surface area contributed by atoms with Crippen molar-refractivity contribution in [2.45, 2.75) is 6.92 Å². The number of benzene rings is 2. The maximum absolute atomic E-state index is 2.22. The van der Waals surface area contributed by atoms with Crippen molar-refractivity contribution in [3.8, 4) is 0 Å². The molecule has 14 heavy (non-hydrogen) atoms. The summed E-state index contributed by atoms with van der Waals surface area (Å²) in [6.45, 7) is 2.16. The van der Waals surface area contributed by atoms with Crippen molar-refractivity contribution in [1.29, 1.82) is 0 Å². The zero-order chi connectivity index (χ0) is 10.1. The molecule has 0 bridgehead atoms. The monoisotopic (exact) mass is 185 g/mol. The second kappa shape index (κ2) is 3.33. The Morgan fingerprint density at radius 2 is 1.71 bits per heavy atom. The van der Waals surface area contributed by atoms with E-state index in [0.29, 0.717) is 0 Å². The standard InChI is InChI=1S/C13H15N/c1-10-8-12(14(2)3)9-11-6-4-5-7-13(10)11/h4-9H,1-3H3. The Morgan fingerprint density at radius 1 is 1.00 bits per heavy atom. The molecule has 72 valence electrons. The van der Waals surface area contributed by atoms with Crippen molar-refractivity contribution >= 4 is 16.5 Å². The first-order valence-corrected chi connectivity index (χ1v) is 4.85. The maximum Gasteiger partial charge on any atom is 0.0370 e. The lowest BCUT2D eigenvalue weighted by molar-refractivity contribution is 1.13. The van der Waals surface area contributed by atoms with E-state index in [0.717, 1.165) is 0 Å². The minimum Gasteiger partial charge on any atom is -0.378 e. The van der Waals surface area contributed by atoms with Crippen LogP contribution >= 0.6 is 0 Å². The van der Waals surface area contributed by atoms with Gasteiger partial charge in [-0.2, -0.15) is 0 Å². The van der Waals surface area contributed by atoms with Crippen molar-refractivity contribution < 1.29 is 0 Å². The van der Waals surface area contributed by atoms with Gasteiger partial charge in [0.05, 0.1) is 0 Å². The molecule has 0 amide bonds. The molecule has 2 aromatic rings. The second-order valence-electron chi connectivity index (χ2n) is 3.88. The number of aryl methyl sites for hydroxylation is 1. The number of anilines is 1. The van der Waals surface area contributed by atoms with E-state index in [9.17, 15) is 0 Å². The molecule has 0 fully saturated rings. The first kappa shape index (κ1) is 9.07. The van der Waals surface area contributed by atoms with Gasteiger partial charge in [-0.3, -0.25) is 0 Å². The van der Waals surface area contributed by atoms with Crippen LogP contribution < -0.4 is 4.90 Å². The Hall–Kier alpha value is -1.50. The molecule has 0 unspecified atom stereocenters. The first-order chi connectivity index (χ1) is 6.68. The first-order valence-electron chi connectivity index (χ1n) is 4.85. The molecule has 1 heteroatoms. The van der Waals surface area contributed by atoms with Crippen LogP contribution in [0.15, 0.2) is 36.4 Å². The van der Waals surface area contributed by atoms with Gasteiger partial charge >= 0.3 is 0 Å². The lowest BCUT2D eigenvalue weighted by Gasteiger charge is -2.14. The Labute approximate surface area is 85.0 Å². The molecular formula is C13H15N. The molecule has 0 saturated heterocycles. The number of hydrogen-bond acceptors (Lipinski definition) is 1. The molecule has 0 spiro atoms. The van der Waals surface area contributed by atoms with E-state index < -0.39 is 0 Å². The summed E-state index contributed by atoms with van der Waals surface area (Å²) in [5.41, 5.74) is 2.60. The number of rotatable bonds is 1. The molecule has 2 rings (SSSR count). The molecular weight excluding hydrogens is 170 g/mol. The van der Waals surface area contributed by atoms with Crippen LogP contribution in [0.4, 0.5) is 5.69 Å². The van der Waals surface area contributed by atoms with Crippen molar-refractivity contribution in [1.82, 2.24) is 0 Å². The van der Waals surface area contributed by atoms with E-state index in [1.807, 2.05) is 0 Å². The van der Waals surface area contributed by atoms with Crippen LogP contribution in [0.2, 0.25) is 0 Å². The third-order valence-electron chi connectivity index (χ3n) is 2.57. The van der Waals surface area contributed by atoms with Gasteiger partial charge in [-0.15, -0.1) is 0 Å². The van der Waals surface area contributed by atoms with Gasteiger partial charge in [0.1, 0.15) is 0 Å². The van der Waals surface area contributed by atoms with Crippen molar-refractivity contribution in [3.05, 3.63) is 42.0 Å². The van der Waals surface area contributed by atoms with Crippen LogP contribution in [0, 0.1) is 6.92 Å². The molecule has 2 aromatic carbocycles. The van der Waals surface area contributed by atoms with E-state index in [2.05, 4.69) is 62.3 Å². The lowest BCUT2D eigenvalue weighted by atomic mass is 10.0. The highest BCUT2D eigenvalue weighted by atomic mass is 15.1. The Kier molecular flexibility index (Phi) is 2.16. The molecule has 1 nitrogen and oxygen atoms in total. The molecule has 0 aliphatic heterocycles. The summed E-state index contributed by atoms with van der Waals surface area (Å²) < 4.78 is 0. The predicted molar refractivity (Wildman–Crippen MR) is 63.0 cm³/mol. The largest absolute Gasteiger partial charge is 0.378 e. The summed E-state index contributed by atoms with van der Waals surface area (Å²) in [6.07, 6.45) is 0. The third kappa shape index (κ3) is 1.46. The fourth-order valence-corrected chi connectivity index (χ4v) is 1.74. The summed E-state index contributed by atoms with van der Waals surface area (Å²) in [5, 5.41) is 2.66. The second-order valence-corrected chi connectivity index (χ2v) is 3.88. The fourth-order valence-electron chi connectivity index (χ4n) is 1.74. The summed E-state index contributed by atoms with van der Waals surface area (Å²) in [6, 6.07) is 13.0. The van der Waals surface area contributed by atoms with Crippen molar-refractivity contribution in [3.63, 3.8) is 0 Å². The minimum atomic E-state index is 1.27. The molecule has 0 saturated carbocycles. The van der Waals surface area contributed by atoms with Gasteiger partial charge in [-0.25, -0.2) is 0 Å². The normalized spacial score (nSPS) is 10.5. The van der Waals surface area contributed by atoms with Gasteiger partial charge in [0.15, 0.2) is 0 Å². The average Bonchev–Trinajstić information content (AvgIpc) is 2.17. The molecule has 0 radical (unpaired) electrons. The van der Waals surface area contributed by atoms with Gasteiger partial charge in [0.2, 0.25) is 0 Å². The summed E-state index contributed by atoms with van der Waals surface area (Å²) >= 11 is 0. The maximum atomic E-state index is 2.22. The third-order valence-corrected chi connectivity index (χ3v) is 2.57. The van der Waals surface area contributed by atoms with E-state index in [1.54, 1.807) is 0 Å². The summed E-state index contributed by atoms with van der Waals surface area (Å²) in [5.74, 6) is 0. The molecule has 0 heterocycles. The number of hydrogen-bond donors (Lipinski definition) is 0. The zero-order valence-electron chi connectivity index (χ0n) is 8.91. The smallest absolute Gasteiger partial charge is 0.0370 e. The Bertz CT molecular complexity index is 458. The van der Waals surface area contributed by atoms with Gasteiger partial charge < -0.3 is 4.90 Å². The quantitative estimate of drug-likeness (QED) is 0.659. The van der Waals surface area contributed by atoms with E-state index in [1.165, 1.54) is 22.0 Å². The highest BCUT2D eigenvalue weighted by Gasteiger charge is 2.00. The fraction of sp³-hybridized carbons (Fsp3) is 0.231. The highest BCUT2D eigenvalue weighted by Crippen LogP contribution is 2.24. The van der Waals surface area contributed by atoms with Crippen LogP contribution in [0.3, 0.4) is 0 Å². The van der Waals surface area contributed by atoms with Crippen LogP contribution in [-0.2, 0) is 0 Å². The molecule has 0 aromatic heterocycles. The highest BCUT2D eigenvalue weighted by molar-refractivity contribution is 5.88. The van der Waals surface area contributed by atoms with Crippen LogP contribution in [-0.4, -0.2) is 14.1 Å². The Balaban J connectivity index is 2.72. The van der Waals surface area contributed by atoms with Gasteiger partial charge in [0.25, 0.3) is 0 Å². The zero-order valence-corrected chi connectivity index (χ0v) is 8.91. The number of fused-ring (bicyclic) bond motifs is 1. The molecule has 0 aliphatic carbocycles. The van der Waals surface area contributed by atoms with E-state index in [-0.39, 0.29) is 0 Å². The van der Waals surface area contributed by atoms with E-state index in [4.69, 9.17) is 0 Å².